The number of hydrogen-bond donors (Lipinski definition) is 1. The SMILES string of the molecule is CN=C(NCCCc1nnc(SC)n1CC(C)C)N1CCC(c2ccccc2)C1.I. The molecule has 1 unspecified atom stereocenters. The minimum absolute atomic E-state index is 0. The number of likely N-dealkylation sites (tertiary alicyclic amines) is 1. The lowest BCUT2D eigenvalue weighted by molar-refractivity contribution is 0.472. The van der Waals surface area contributed by atoms with E-state index in [1.54, 1.807) is 11.8 Å². The van der Waals surface area contributed by atoms with E-state index >= 15 is 0 Å². The largest absolute Gasteiger partial charge is 0.356 e. The first-order chi connectivity index (χ1) is 14.1. The first-order valence-electron chi connectivity index (χ1n) is 10.6. The summed E-state index contributed by atoms with van der Waals surface area (Å²) in [5, 5.41) is 13.3. The zero-order chi connectivity index (χ0) is 20.6. The maximum absolute atomic E-state index is 4.51. The minimum atomic E-state index is 0. The van der Waals surface area contributed by atoms with E-state index in [2.05, 4.69) is 80.4 Å². The lowest BCUT2D eigenvalue weighted by Gasteiger charge is -2.22. The normalized spacial score (nSPS) is 16.8. The van der Waals surface area contributed by atoms with Crippen molar-refractivity contribution in [1.29, 1.82) is 0 Å². The van der Waals surface area contributed by atoms with E-state index in [0.717, 1.165) is 56.0 Å². The van der Waals surface area contributed by atoms with E-state index in [1.165, 1.54) is 12.0 Å². The molecule has 1 aliphatic rings. The summed E-state index contributed by atoms with van der Waals surface area (Å²) in [6, 6.07) is 10.8. The fraction of sp³-hybridized carbons (Fsp3) is 0.591. The Morgan fingerprint density at radius 1 is 1.27 bits per heavy atom. The number of nitrogens with one attached hydrogen (secondary N) is 1. The Morgan fingerprint density at radius 2 is 2.03 bits per heavy atom. The molecule has 30 heavy (non-hydrogen) atoms. The van der Waals surface area contributed by atoms with Gasteiger partial charge in [-0.3, -0.25) is 4.99 Å². The van der Waals surface area contributed by atoms with Crippen molar-refractivity contribution in [3.05, 3.63) is 41.7 Å². The zero-order valence-electron chi connectivity index (χ0n) is 18.5. The van der Waals surface area contributed by atoms with Crippen LogP contribution in [-0.2, 0) is 13.0 Å². The van der Waals surface area contributed by atoms with Gasteiger partial charge in [-0.2, -0.15) is 0 Å². The first kappa shape index (κ1) is 25.0. The molecule has 0 aliphatic carbocycles. The molecule has 0 spiro atoms. The second-order valence-corrected chi connectivity index (χ2v) is 8.80. The van der Waals surface area contributed by atoms with Crippen molar-refractivity contribution >= 4 is 41.7 Å². The maximum atomic E-state index is 4.51. The van der Waals surface area contributed by atoms with Crippen molar-refractivity contribution in [2.45, 2.75) is 50.7 Å². The third-order valence-corrected chi connectivity index (χ3v) is 6.02. The number of halogens is 1. The summed E-state index contributed by atoms with van der Waals surface area (Å²) in [6.45, 7) is 8.42. The van der Waals surface area contributed by atoms with E-state index in [0.29, 0.717) is 11.8 Å². The molecule has 1 aromatic heterocycles. The maximum Gasteiger partial charge on any atom is 0.193 e. The number of nitrogens with zero attached hydrogens (tertiary/aromatic N) is 5. The van der Waals surface area contributed by atoms with Crippen molar-refractivity contribution < 1.29 is 0 Å². The molecule has 1 aromatic carbocycles. The molecular formula is C22H35IN6S. The number of aromatic nitrogens is 3. The van der Waals surface area contributed by atoms with Crippen molar-refractivity contribution in [3.63, 3.8) is 0 Å². The number of aryl methyl sites for hydroxylation is 1. The number of rotatable bonds is 8. The quantitative estimate of drug-likeness (QED) is 0.178. The van der Waals surface area contributed by atoms with Gasteiger partial charge in [-0.05, 0) is 30.6 Å². The van der Waals surface area contributed by atoms with Crippen LogP contribution in [0.15, 0.2) is 40.5 Å². The Labute approximate surface area is 202 Å². The third kappa shape index (κ3) is 6.60. The molecule has 3 rings (SSSR count). The van der Waals surface area contributed by atoms with Crippen LogP contribution in [0.1, 0.15) is 44.0 Å². The molecule has 2 aromatic rings. The molecule has 8 heteroatoms. The summed E-state index contributed by atoms with van der Waals surface area (Å²) in [7, 11) is 1.88. The molecule has 0 saturated carbocycles. The highest BCUT2D eigenvalue weighted by Gasteiger charge is 2.25. The standard InChI is InChI=1S/C22H34N6S.HI/c1-17(2)15-28-20(25-26-22(28)29-4)11-8-13-24-21(23-3)27-14-12-19(16-27)18-9-6-5-7-10-18;/h5-7,9-10,17,19H,8,11-16H2,1-4H3,(H,23,24);1H. The van der Waals surface area contributed by atoms with Crippen LogP contribution in [0.3, 0.4) is 0 Å². The Bertz CT molecular complexity index is 792. The van der Waals surface area contributed by atoms with Gasteiger partial charge in [0.25, 0.3) is 0 Å². The Hall–Kier alpha value is -1.29. The average Bonchev–Trinajstić information content (AvgIpc) is 3.36. The highest BCUT2D eigenvalue weighted by molar-refractivity contribution is 14.0. The van der Waals surface area contributed by atoms with Crippen LogP contribution in [0.4, 0.5) is 0 Å². The second kappa shape index (κ2) is 12.5. The number of hydrogen-bond acceptors (Lipinski definition) is 4. The molecule has 1 fully saturated rings. The van der Waals surface area contributed by atoms with Crippen LogP contribution >= 0.6 is 35.7 Å². The molecule has 1 N–H and O–H groups in total. The van der Waals surface area contributed by atoms with Crippen LogP contribution in [0, 0.1) is 5.92 Å². The van der Waals surface area contributed by atoms with Gasteiger partial charge in [0.1, 0.15) is 5.82 Å². The zero-order valence-corrected chi connectivity index (χ0v) is 21.7. The lowest BCUT2D eigenvalue weighted by Crippen LogP contribution is -2.40. The smallest absolute Gasteiger partial charge is 0.193 e. The molecule has 0 amide bonds. The van der Waals surface area contributed by atoms with Gasteiger partial charge in [0.05, 0.1) is 0 Å². The molecule has 1 aliphatic heterocycles. The van der Waals surface area contributed by atoms with Crippen LogP contribution in [-0.4, -0.2) is 58.6 Å². The molecular weight excluding hydrogens is 507 g/mol. The summed E-state index contributed by atoms with van der Waals surface area (Å²) in [5.74, 6) is 3.27. The number of thioether (sulfide) groups is 1. The van der Waals surface area contributed by atoms with Crippen LogP contribution in [0.2, 0.25) is 0 Å². The molecule has 0 bridgehead atoms. The van der Waals surface area contributed by atoms with Crippen molar-refractivity contribution in [2.24, 2.45) is 10.9 Å². The van der Waals surface area contributed by atoms with Crippen LogP contribution < -0.4 is 5.32 Å². The van der Waals surface area contributed by atoms with E-state index < -0.39 is 0 Å². The Balaban J connectivity index is 0.00000320. The summed E-state index contributed by atoms with van der Waals surface area (Å²) in [6.07, 6.45) is 5.19. The second-order valence-electron chi connectivity index (χ2n) is 8.03. The Morgan fingerprint density at radius 3 is 2.70 bits per heavy atom. The molecule has 1 atom stereocenters. The average molecular weight is 543 g/mol. The van der Waals surface area contributed by atoms with Crippen LogP contribution in [0.5, 0.6) is 0 Å². The van der Waals surface area contributed by atoms with Gasteiger partial charge >= 0.3 is 0 Å². The summed E-state index contributed by atoms with van der Waals surface area (Å²) in [4.78, 5) is 6.89. The Kier molecular flexibility index (Phi) is 10.4. The van der Waals surface area contributed by atoms with Gasteiger partial charge in [0, 0.05) is 45.6 Å². The van der Waals surface area contributed by atoms with Crippen molar-refractivity contribution in [1.82, 2.24) is 25.0 Å². The predicted molar refractivity (Wildman–Crippen MR) is 137 cm³/mol. The fourth-order valence-electron chi connectivity index (χ4n) is 3.93. The third-order valence-electron chi connectivity index (χ3n) is 5.35. The minimum Gasteiger partial charge on any atom is -0.356 e. The topological polar surface area (TPSA) is 58.3 Å². The fourth-order valence-corrected chi connectivity index (χ4v) is 4.46. The number of guanidine groups is 1. The highest BCUT2D eigenvalue weighted by Crippen LogP contribution is 2.26. The molecule has 166 valence electrons. The van der Waals surface area contributed by atoms with Gasteiger partial charge in [-0.15, -0.1) is 34.2 Å². The number of aliphatic imine (C=N–C) groups is 1. The predicted octanol–water partition coefficient (Wildman–Crippen LogP) is 4.27. The molecule has 1 saturated heterocycles. The number of benzene rings is 1. The first-order valence-corrected chi connectivity index (χ1v) is 11.8. The van der Waals surface area contributed by atoms with E-state index in [9.17, 15) is 0 Å². The summed E-state index contributed by atoms with van der Waals surface area (Å²) < 4.78 is 2.27. The molecule has 2 heterocycles. The molecule has 6 nitrogen and oxygen atoms in total. The van der Waals surface area contributed by atoms with Gasteiger partial charge in [0.15, 0.2) is 11.1 Å². The summed E-state index contributed by atoms with van der Waals surface area (Å²) in [5.41, 5.74) is 1.43. The highest BCUT2D eigenvalue weighted by atomic mass is 127. The van der Waals surface area contributed by atoms with Crippen molar-refractivity contribution in [3.8, 4) is 0 Å². The lowest BCUT2D eigenvalue weighted by atomic mass is 9.99. The van der Waals surface area contributed by atoms with E-state index in [1.807, 2.05) is 7.05 Å². The summed E-state index contributed by atoms with van der Waals surface area (Å²) >= 11 is 1.67. The monoisotopic (exact) mass is 542 g/mol. The van der Waals surface area contributed by atoms with Gasteiger partial charge < -0.3 is 14.8 Å². The van der Waals surface area contributed by atoms with Crippen molar-refractivity contribution in [2.75, 3.05) is 32.9 Å². The van der Waals surface area contributed by atoms with E-state index in [4.69, 9.17) is 0 Å². The van der Waals surface area contributed by atoms with Gasteiger partial charge in [-0.25, -0.2) is 0 Å². The molecule has 0 radical (unpaired) electrons. The van der Waals surface area contributed by atoms with Gasteiger partial charge in [0.2, 0.25) is 0 Å². The van der Waals surface area contributed by atoms with Crippen LogP contribution in [0.25, 0.3) is 0 Å². The van der Waals surface area contributed by atoms with Gasteiger partial charge in [-0.1, -0.05) is 55.9 Å². The van der Waals surface area contributed by atoms with E-state index in [-0.39, 0.29) is 24.0 Å².